The third-order valence-corrected chi connectivity index (χ3v) is 3.80. The van der Waals surface area contributed by atoms with Crippen LogP contribution in [0.2, 0.25) is 0 Å². The second-order valence-electron chi connectivity index (χ2n) is 4.84. The fraction of sp³-hybridized carbons (Fsp3) is 0.538. The Morgan fingerprint density at radius 1 is 1.40 bits per heavy atom. The van der Waals surface area contributed by atoms with Crippen molar-refractivity contribution in [1.82, 2.24) is 4.90 Å². The summed E-state index contributed by atoms with van der Waals surface area (Å²) in [5.74, 6) is 2.71. The van der Waals surface area contributed by atoms with Crippen LogP contribution in [0.5, 0.6) is 0 Å². The van der Waals surface area contributed by atoms with Crippen LogP contribution < -0.4 is 0 Å². The lowest BCUT2D eigenvalue weighted by molar-refractivity contribution is 0.191. The van der Waals surface area contributed by atoms with E-state index in [1.807, 2.05) is 6.07 Å². The van der Waals surface area contributed by atoms with Crippen LogP contribution in [-0.4, -0.2) is 18.0 Å². The van der Waals surface area contributed by atoms with Crippen molar-refractivity contribution >= 4 is 0 Å². The molecule has 3 rings (SSSR count). The van der Waals surface area contributed by atoms with Gasteiger partial charge < -0.3 is 4.42 Å². The van der Waals surface area contributed by atoms with Gasteiger partial charge in [0, 0.05) is 6.04 Å². The summed E-state index contributed by atoms with van der Waals surface area (Å²) in [4.78, 5) is 2.44. The summed E-state index contributed by atoms with van der Waals surface area (Å²) in [7, 11) is 2.21. The van der Waals surface area contributed by atoms with E-state index in [1.165, 1.54) is 12.8 Å². The van der Waals surface area contributed by atoms with E-state index in [9.17, 15) is 0 Å². The second-order valence-corrected chi connectivity index (χ2v) is 4.84. The Morgan fingerprint density at radius 3 is 2.93 bits per heavy atom. The Labute approximate surface area is 90.6 Å². The highest BCUT2D eigenvalue weighted by molar-refractivity contribution is 5.13. The molecular formula is C13H17NO. The molecule has 0 N–H and O–H groups in total. The van der Waals surface area contributed by atoms with Crippen molar-refractivity contribution in [2.75, 3.05) is 7.05 Å². The Kier molecular flexibility index (Phi) is 2.17. The van der Waals surface area contributed by atoms with Crippen molar-refractivity contribution in [3.8, 4) is 0 Å². The topological polar surface area (TPSA) is 16.4 Å². The molecule has 2 heteroatoms. The maximum Gasteiger partial charge on any atom is 0.117 e. The Hall–Kier alpha value is -1.02. The van der Waals surface area contributed by atoms with Gasteiger partial charge in [0.25, 0.3) is 0 Å². The maximum atomic E-state index is 5.38. The standard InChI is InChI=1S/C13H17NO/c1-14(9-12-3-2-6-15-12)13-8-10-4-5-11(13)7-10/h2-6,10-11,13H,7-9H2,1H3. The van der Waals surface area contributed by atoms with Gasteiger partial charge in [-0.1, -0.05) is 12.2 Å². The van der Waals surface area contributed by atoms with Crippen LogP contribution in [0.25, 0.3) is 0 Å². The van der Waals surface area contributed by atoms with Gasteiger partial charge in [0.15, 0.2) is 0 Å². The number of rotatable bonds is 3. The van der Waals surface area contributed by atoms with Crippen LogP contribution in [0.4, 0.5) is 0 Å². The summed E-state index contributed by atoms with van der Waals surface area (Å²) >= 11 is 0. The summed E-state index contributed by atoms with van der Waals surface area (Å²) in [5.41, 5.74) is 0. The van der Waals surface area contributed by atoms with E-state index in [4.69, 9.17) is 4.42 Å². The fourth-order valence-electron chi connectivity index (χ4n) is 3.02. The highest BCUT2D eigenvalue weighted by atomic mass is 16.3. The molecule has 1 aromatic heterocycles. The molecule has 0 saturated heterocycles. The van der Waals surface area contributed by atoms with Gasteiger partial charge in [-0.2, -0.15) is 0 Å². The number of hydrogen-bond acceptors (Lipinski definition) is 2. The maximum absolute atomic E-state index is 5.38. The number of furan rings is 1. The van der Waals surface area contributed by atoms with Crippen molar-refractivity contribution in [2.45, 2.75) is 25.4 Å². The average Bonchev–Trinajstić information content (AvgIpc) is 2.93. The van der Waals surface area contributed by atoms with Gasteiger partial charge in [0.2, 0.25) is 0 Å². The third-order valence-electron chi connectivity index (χ3n) is 3.80. The van der Waals surface area contributed by atoms with Crippen molar-refractivity contribution in [3.63, 3.8) is 0 Å². The van der Waals surface area contributed by atoms with Crippen LogP contribution in [0, 0.1) is 11.8 Å². The van der Waals surface area contributed by atoms with Gasteiger partial charge in [-0.15, -0.1) is 0 Å². The van der Waals surface area contributed by atoms with Crippen LogP contribution in [0.3, 0.4) is 0 Å². The van der Waals surface area contributed by atoms with Crippen molar-refractivity contribution in [2.24, 2.45) is 11.8 Å². The molecule has 2 aliphatic rings. The van der Waals surface area contributed by atoms with Gasteiger partial charge in [-0.05, 0) is 43.9 Å². The van der Waals surface area contributed by atoms with E-state index in [0.29, 0.717) is 0 Å². The summed E-state index contributed by atoms with van der Waals surface area (Å²) in [6.07, 6.45) is 9.24. The van der Waals surface area contributed by atoms with E-state index in [-0.39, 0.29) is 0 Å². The molecule has 0 spiro atoms. The molecule has 0 aliphatic heterocycles. The predicted octanol–water partition coefficient (Wildman–Crippen LogP) is 2.68. The molecule has 1 saturated carbocycles. The van der Waals surface area contributed by atoms with E-state index in [0.717, 1.165) is 30.2 Å². The molecule has 2 bridgehead atoms. The summed E-state index contributed by atoms with van der Waals surface area (Å²) in [6, 6.07) is 4.74. The average molecular weight is 203 g/mol. The number of hydrogen-bond donors (Lipinski definition) is 0. The van der Waals surface area contributed by atoms with Crippen molar-refractivity contribution in [3.05, 3.63) is 36.3 Å². The highest BCUT2D eigenvalue weighted by Gasteiger charge is 2.37. The minimum absolute atomic E-state index is 0.727. The first-order valence-electron chi connectivity index (χ1n) is 5.74. The lowest BCUT2D eigenvalue weighted by Gasteiger charge is -2.28. The quantitative estimate of drug-likeness (QED) is 0.702. The molecule has 3 atom stereocenters. The van der Waals surface area contributed by atoms with Gasteiger partial charge in [-0.3, -0.25) is 4.90 Å². The molecule has 80 valence electrons. The van der Waals surface area contributed by atoms with E-state index in [2.05, 4.69) is 30.2 Å². The minimum Gasteiger partial charge on any atom is -0.468 e. The summed E-state index contributed by atoms with van der Waals surface area (Å²) in [6.45, 7) is 0.939. The molecule has 1 aromatic rings. The van der Waals surface area contributed by atoms with Crippen molar-refractivity contribution in [1.29, 1.82) is 0 Å². The first kappa shape index (κ1) is 9.22. The Balaban J connectivity index is 1.66. The Morgan fingerprint density at radius 2 is 2.33 bits per heavy atom. The van der Waals surface area contributed by atoms with Crippen LogP contribution in [-0.2, 0) is 6.54 Å². The van der Waals surface area contributed by atoms with Crippen molar-refractivity contribution < 1.29 is 4.42 Å². The van der Waals surface area contributed by atoms with Gasteiger partial charge in [0.1, 0.15) is 5.76 Å². The van der Waals surface area contributed by atoms with E-state index in [1.54, 1.807) is 6.26 Å². The SMILES string of the molecule is CN(Cc1ccco1)C1CC2C=CC1C2. The number of allylic oxidation sites excluding steroid dienone is 1. The molecule has 0 aromatic carbocycles. The van der Waals surface area contributed by atoms with Gasteiger partial charge >= 0.3 is 0 Å². The number of fused-ring (bicyclic) bond motifs is 2. The smallest absolute Gasteiger partial charge is 0.117 e. The molecule has 2 nitrogen and oxygen atoms in total. The molecule has 1 heterocycles. The largest absolute Gasteiger partial charge is 0.468 e. The molecule has 3 unspecified atom stereocenters. The zero-order chi connectivity index (χ0) is 10.3. The lowest BCUT2D eigenvalue weighted by atomic mass is 10.0. The first-order valence-corrected chi connectivity index (χ1v) is 5.74. The Bertz CT molecular complexity index is 355. The van der Waals surface area contributed by atoms with Gasteiger partial charge in [-0.25, -0.2) is 0 Å². The van der Waals surface area contributed by atoms with Crippen LogP contribution >= 0.6 is 0 Å². The third kappa shape index (κ3) is 1.63. The van der Waals surface area contributed by atoms with Crippen LogP contribution in [0.15, 0.2) is 35.0 Å². The predicted molar refractivity (Wildman–Crippen MR) is 59.3 cm³/mol. The zero-order valence-electron chi connectivity index (χ0n) is 9.10. The molecule has 0 radical (unpaired) electrons. The molecule has 15 heavy (non-hydrogen) atoms. The van der Waals surface area contributed by atoms with E-state index < -0.39 is 0 Å². The zero-order valence-corrected chi connectivity index (χ0v) is 9.10. The van der Waals surface area contributed by atoms with E-state index >= 15 is 0 Å². The number of nitrogens with zero attached hydrogens (tertiary/aromatic N) is 1. The van der Waals surface area contributed by atoms with Crippen LogP contribution in [0.1, 0.15) is 18.6 Å². The van der Waals surface area contributed by atoms with Gasteiger partial charge in [0.05, 0.1) is 12.8 Å². The fourth-order valence-corrected chi connectivity index (χ4v) is 3.02. The highest BCUT2D eigenvalue weighted by Crippen LogP contribution is 2.41. The molecule has 0 amide bonds. The minimum atomic E-state index is 0.727. The second kappa shape index (κ2) is 3.53. The monoisotopic (exact) mass is 203 g/mol. The lowest BCUT2D eigenvalue weighted by Crippen LogP contribution is -2.34. The molecule has 1 fully saturated rings. The molecule has 2 aliphatic carbocycles. The first-order chi connectivity index (χ1) is 7.33. The molecular weight excluding hydrogens is 186 g/mol. The summed E-state index contributed by atoms with van der Waals surface area (Å²) in [5, 5.41) is 0. The normalized spacial score (nSPS) is 33.1. The summed E-state index contributed by atoms with van der Waals surface area (Å²) < 4.78 is 5.38.